The van der Waals surface area contributed by atoms with E-state index < -0.39 is 0 Å². The minimum atomic E-state index is 0.814. The van der Waals surface area contributed by atoms with Crippen molar-refractivity contribution < 1.29 is 4.74 Å². The minimum absolute atomic E-state index is 0.814. The Morgan fingerprint density at radius 2 is 1.90 bits per heavy atom. The van der Waals surface area contributed by atoms with E-state index in [0.29, 0.717) is 0 Å². The predicted octanol–water partition coefficient (Wildman–Crippen LogP) is 3.95. The van der Waals surface area contributed by atoms with Crippen LogP contribution < -0.4 is 15.0 Å². The molecule has 2 aromatic carbocycles. The third-order valence-corrected chi connectivity index (χ3v) is 3.71. The Morgan fingerprint density at radius 1 is 1.15 bits per heavy atom. The molecule has 0 bridgehead atoms. The van der Waals surface area contributed by atoms with Crippen LogP contribution in [0.5, 0.6) is 5.75 Å². The molecule has 0 amide bonds. The summed E-state index contributed by atoms with van der Waals surface area (Å²) in [6.45, 7) is 0.814. The van der Waals surface area contributed by atoms with Crippen LogP contribution in [-0.4, -0.2) is 21.2 Å². The van der Waals surface area contributed by atoms with Crippen molar-refractivity contribution in [1.29, 1.82) is 0 Å². The number of nitrogens with zero attached hydrogens (tertiary/aromatic N) is 1. The molecule has 0 aromatic heterocycles. The average Bonchev–Trinajstić information content (AvgIpc) is 2.47. The molecule has 0 heterocycles. The van der Waals surface area contributed by atoms with Crippen molar-refractivity contribution in [2.24, 2.45) is 0 Å². The van der Waals surface area contributed by atoms with Gasteiger partial charge < -0.3 is 15.0 Å². The zero-order valence-electron chi connectivity index (χ0n) is 12.0. The number of hydrogen-bond acceptors (Lipinski definition) is 3. The van der Waals surface area contributed by atoms with Crippen LogP contribution in [0.25, 0.3) is 0 Å². The fourth-order valence-electron chi connectivity index (χ4n) is 2.25. The number of rotatable bonds is 5. The number of para-hydroxylation sites is 2. The lowest BCUT2D eigenvalue weighted by Gasteiger charge is -2.24. The summed E-state index contributed by atoms with van der Waals surface area (Å²) in [4.78, 5) is 2.15. The van der Waals surface area contributed by atoms with Gasteiger partial charge in [0.1, 0.15) is 5.75 Å². The van der Waals surface area contributed by atoms with Gasteiger partial charge in [-0.3, -0.25) is 0 Å². The third kappa shape index (κ3) is 3.14. The van der Waals surface area contributed by atoms with E-state index in [-0.39, 0.29) is 0 Å². The lowest BCUT2D eigenvalue weighted by molar-refractivity contribution is 0.415. The molecule has 0 fully saturated rings. The maximum atomic E-state index is 5.44. The van der Waals surface area contributed by atoms with Crippen LogP contribution in [0.4, 0.5) is 11.4 Å². The number of halogens is 1. The first kappa shape index (κ1) is 14.9. The lowest BCUT2D eigenvalue weighted by Crippen LogP contribution is -2.15. The van der Waals surface area contributed by atoms with Gasteiger partial charge in [0, 0.05) is 23.8 Å². The normalized spacial score (nSPS) is 10.4. The van der Waals surface area contributed by atoms with Crippen molar-refractivity contribution in [3.05, 3.63) is 52.5 Å². The second kappa shape index (κ2) is 6.77. The molecule has 0 spiro atoms. The van der Waals surface area contributed by atoms with E-state index in [1.807, 2.05) is 25.2 Å². The molecule has 0 aliphatic rings. The smallest absolute Gasteiger partial charge is 0.142 e. The highest BCUT2D eigenvalue weighted by Crippen LogP contribution is 2.34. The monoisotopic (exact) mass is 334 g/mol. The van der Waals surface area contributed by atoms with Crippen LogP contribution in [0.2, 0.25) is 0 Å². The van der Waals surface area contributed by atoms with Crippen LogP contribution in [0.1, 0.15) is 5.56 Å². The van der Waals surface area contributed by atoms with E-state index in [4.69, 9.17) is 4.74 Å². The molecule has 2 rings (SSSR count). The number of nitrogens with one attached hydrogen (secondary N) is 1. The van der Waals surface area contributed by atoms with Crippen LogP contribution in [0, 0.1) is 0 Å². The summed E-state index contributed by atoms with van der Waals surface area (Å²) >= 11 is 3.53. The second-order valence-corrected chi connectivity index (χ2v) is 5.45. The fourth-order valence-corrected chi connectivity index (χ4v) is 2.66. The molecule has 4 heteroatoms. The summed E-state index contributed by atoms with van der Waals surface area (Å²) in [5.74, 6) is 0.869. The molecule has 0 aliphatic heterocycles. The molecule has 0 aliphatic carbocycles. The predicted molar refractivity (Wildman–Crippen MR) is 88.0 cm³/mol. The van der Waals surface area contributed by atoms with E-state index in [2.05, 4.69) is 57.5 Å². The Kier molecular flexibility index (Phi) is 5.04. The van der Waals surface area contributed by atoms with Gasteiger partial charge >= 0.3 is 0 Å². The van der Waals surface area contributed by atoms with E-state index in [1.54, 1.807) is 7.11 Å². The first-order valence-corrected chi connectivity index (χ1v) is 7.26. The van der Waals surface area contributed by atoms with Crippen LogP contribution in [0.15, 0.2) is 46.9 Å². The summed E-state index contributed by atoms with van der Waals surface area (Å²) < 4.78 is 6.53. The maximum Gasteiger partial charge on any atom is 0.142 e. The summed E-state index contributed by atoms with van der Waals surface area (Å²) in [5.41, 5.74) is 3.44. The first-order valence-electron chi connectivity index (χ1n) is 6.47. The summed E-state index contributed by atoms with van der Waals surface area (Å²) in [7, 11) is 5.71. The van der Waals surface area contributed by atoms with E-state index >= 15 is 0 Å². The van der Waals surface area contributed by atoms with Gasteiger partial charge in [0.2, 0.25) is 0 Å². The summed E-state index contributed by atoms with van der Waals surface area (Å²) in [5, 5.41) is 3.21. The van der Waals surface area contributed by atoms with Gasteiger partial charge in [-0.25, -0.2) is 0 Å². The Bertz CT molecular complexity index is 586. The maximum absolute atomic E-state index is 5.44. The molecule has 2 aromatic rings. The summed E-state index contributed by atoms with van der Waals surface area (Å²) in [6.07, 6.45) is 0. The van der Waals surface area contributed by atoms with Crippen LogP contribution >= 0.6 is 15.9 Å². The standard InChI is InChI=1S/C16H19BrN2O/c1-18-11-12-10-13(17)8-9-14(12)19(2)15-6-4-5-7-16(15)20-3/h4-10,18H,11H2,1-3H3. The van der Waals surface area contributed by atoms with E-state index in [9.17, 15) is 0 Å². The SMILES string of the molecule is CNCc1cc(Br)ccc1N(C)c1ccccc1OC. The average molecular weight is 335 g/mol. The highest BCUT2D eigenvalue weighted by Gasteiger charge is 2.13. The molecular weight excluding hydrogens is 316 g/mol. The Labute approximate surface area is 128 Å². The van der Waals surface area contributed by atoms with Crippen molar-refractivity contribution in [2.75, 3.05) is 26.1 Å². The van der Waals surface area contributed by atoms with Crippen LogP contribution in [-0.2, 0) is 6.54 Å². The molecule has 3 nitrogen and oxygen atoms in total. The van der Waals surface area contributed by atoms with Crippen molar-refractivity contribution in [3.63, 3.8) is 0 Å². The Balaban J connectivity index is 2.44. The van der Waals surface area contributed by atoms with E-state index in [1.165, 1.54) is 5.56 Å². The van der Waals surface area contributed by atoms with Gasteiger partial charge in [-0.1, -0.05) is 28.1 Å². The van der Waals surface area contributed by atoms with E-state index in [0.717, 1.165) is 28.1 Å². The largest absolute Gasteiger partial charge is 0.495 e. The number of hydrogen-bond donors (Lipinski definition) is 1. The number of methoxy groups -OCH3 is 1. The second-order valence-electron chi connectivity index (χ2n) is 4.53. The molecule has 0 atom stereocenters. The van der Waals surface area contributed by atoms with Crippen LogP contribution in [0.3, 0.4) is 0 Å². The topological polar surface area (TPSA) is 24.5 Å². The quantitative estimate of drug-likeness (QED) is 0.896. The van der Waals surface area contributed by atoms with Crippen molar-refractivity contribution in [1.82, 2.24) is 5.32 Å². The minimum Gasteiger partial charge on any atom is -0.495 e. The molecule has 1 N–H and O–H groups in total. The zero-order valence-corrected chi connectivity index (χ0v) is 13.6. The highest BCUT2D eigenvalue weighted by atomic mass is 79.9. The van der Waals surface area contributed by atoms with Gasteiger partial charge in [0.25, 0.3) is 0 Å². The van der Waals surface area contributed by atoms with Gasteiger partial charge in [-0.2, -0.15) is 0 Å². The molecule has 0 radical (unpaired) electrons. The molecule has 20 heavy (non-hydrogen) atoms. The lowest BCUT2D eigenvalue weighted by atomic mass is 10.1. The molecule has 106 valence electrons. The molecule has 0 unspecified atom stereocenters. The fraction of sp³-hybridized carbons (Fsp3) is 0.250. The molecule has 0 saturated carbocycles. The van der Waals surface area contributed by atoms with Crippen molar-refractivity contribution in [2.45, 2.75) is 6.54 Å². The zero-order chi connectivity index (χ0) is 14.5. The Morgan fingerprint density at radius 3 is 2.60 bits per heavy atom. The van der Waals surface area contributed by atoms with Gasteiger partial charge in [-0.15, -0.1) is 0 Å². The van der Waals surface area contributed by atoms with Crippen molar-refractivity contribution >= 4 is 27.3 Å². The number of anilines is 2. The Hall–Kier alpha value is -1.52. The number of benzene rings is 2. The van der Waals surface area contributed by atoms with Gasteiger partial charge in [0.05, 0.1) is 12.8 Å². The van der Waals surface area contributed by atoms with Gasteiger partial charge in [-0.05, 0) is 42.9 Å². The third-order valence-electron chi connectivity index (χ3n) is 3.22. The molecule has 0 saturated heterocycles. The highest BCUT2D eigenvalue weighted by molar-refractivity contribution is 9.10. The first-order chi connectivity index (χ1) is 9.67. The number of ether oxygens (including phenoxy) is 1. The van der Waals surface area contributed by atoms with Crippen molar-refractivity contribution in [3.8, 4) is 5.75 Å². The molecular formula is C16H19BrN2O. The van der Waals surface area contributed by atoms with Gasteiger partial charge in [0.15, 0.2) is 0 Å². The summed E-state index contributed by atoms with van der Waals surface area (Å²) in [6, 6.07) is 14.3.